The molecule has 0 spiro atoms. The van der Waals surface area contributed by atoms with E-state index in [1.54, 1.807) is 4.90 Å². The summed E-state index contributed by atoms with van der Waals surface area (Å²) in [6.45, 7) is 3.50. The molecule has 2 saturated heterocycles. The van der Waals surface area contributed by atoms with Crippen molar-refractivity contribution in [3.8, 4) is 0 Å². The summed E-state index contributed by atoms with van der Waals surface area (Å²) in [5.74, 6) is -1.90. The Morgan fingerprint density at radius 3 is 1.54 bits per heavy atom. The summed E-state index contributed by atoms with van der Waals surface area (Å²) in [7, 11) is 0. The average Bonchev–Trinajstić information content (AvgIpc) is 2.76. The monoisotopic (exact) mass is 531 g/mol. The highest BCUT2D eigenvalue weighted by atomic mass is 19.4. The first kappa shape index (κ1) is 29.2. The lowest BCUT2D eigenvalue weighted by atomic mass is 9.75. The van der Waals surface area contributed by atoms with Gasteiger partial charge in [-0.3, -0.25) is 14.4 Å². The SMILES string of the molecule is CC1CCC(C2CCC2)N(C(=O)C(=O)OCC(F)(F)F)C1.CC1CCC(C2CCC2)N(C(=O)C(N)=O)C1. The van der Waals surface area contributed by atoms with Gasteiger partial charge in [-0.05, 0) is 75.0 Å². The summed E-state index contributed by atoms with van der Waals surface area (Å²) < 4.78 is 40.2. The summed E-state index contributed by atoms with van der Waals surface area (Å²) in [6, 6.07) is 0.242. The number of hydrogen-bond acceptors (Lipinski definition) is 5. The standard InChI is InChI=1S/C14H20F3NO3.C12H20N2O2/c1-9-5-6-11(10-3-2-4-10)18(7-9)12(19)13(20)21-8-14(15,16)17;1-8-5-6-10(9-3-2-4-9)14(7-8)12(16)11(13)15/h9-11H,2-8H2,1H3;8-10H,2-7H2,1H3,(H2,13,15). The summed E-state index contributed by atoms with van der Waals surface area (Å²) >= 11 is 0. The predicted octanol–water partition coefficient (Wildman–Crippen LogP) is 3.42. The largest absolute Gasteiger partial charge is 0.449 e. The normalized spacial score (nSPS) is 28.8. The van der Waals surface area contributed by atoms with Gasteiger partial charge in [-0.2, -0.15) is 13.2 Å². The Morgan fingerprint density at radius 2 is 1.19 bits per heavy atom. The van der Waals surface area contributed by atoms with Crippen molar-refractivity contribution in [3.05, 3.63) is 0 Å². The number of likely N-dealkylation sites (tertiary alicyclic amines) is 2. The lowest BCUT2D eigenvalue weighted by molar-refractivity contribution is -0.190. The van der Waals surface area contributed by atoms with Crippen LogP contribution in [0.3, 0.4) is 0 Å². The van der Waals surface area contributed by atoms with Gasteiger partial charge in [0.05, 0.1) is 0 Å². The quantitative estimate of drug-likeness (QED) is 0.443. The molecule has 0 aromatic rings. The first-order chi connectivity index (χ1) is 17.4. The number of carbonyl (C=O) groups excluding carboxylic acids is 4. The van der Waals surface area contributed by atoms with Gasteiger partial charge in [-0.1, -0.05) is 26.7 Å². The zero-order valence-corrected chi connectivity index (χ0v) is 21.8. The van der Waals surface area contributed by atoms with Gasteiger partial charge in [0.25, 0.3) is 0 Å². The van der Waals surface area contributed by atoms with Crippen molar-refractivity contribution < 1.29 is 37.1 Å². The Morgan fingerprint density at radius 1 is 0.757 bits per heavy atom. The summed E-state index contributed by atoms with van der Waals surface area (Å²) in [5.41, 5.74) is 5.10. The molecule has 3 amide bonds. The zero-order valence-electron chi connectivity index (χ0n) is 21.8. The van der Waals surface area contributed by atoms with E-state index in [2.05, 4.69) is 11.7 Å². The van der Waals surface area contributed by atoms with Gasteiger partial charge >= 0.3 is 29.9 Å². The van der Waals surface area contributed by atoms with Crippen LogP contribution < -0.4 is 5.73 Å². The summed E-state index contributed by atoms with van der Waals surface area (Å²) in [5, 5.41) is 0. The maximum Gasteiger partial charge on any atom is 0.422 e. The van der Waals surface area contributed by atoms with Gasteiger partial charge in [-0.15, -0.1) is 0 Å². The molecule has 210 valence electrons. The maximum atomic E-state index is 12.1. The van der Waals surface area contributed by atoms with Crippen LogP contribution in [0.15, 0.2) is 0 Å². The second-order valence-corrected chi connectivity index (χ2v) is 11.4. The van der Waals surface area contributed by atoms with Crippen molar-refractivity contribution >= 4 is 23.7 Å². The van der Waals surface area contributed by atoms with Crippen LogP contribution >= 0.6 is 0 Å². The number of rotatable bonds is 3. The van der Waals surface area contributed by atoms with Crippen LogP contribution in [-0.2, 0) is 23.9 Å². The third-order valence-electron chi connectivity index (χ3n) is 8.39. The fraction of sp³-hybridized carbons (Fsp3) is 0.846. The van der Waals surface area contributed by atoms with Crippen molar-refractivity contribution in [3.63, 3.8) is 0 Å². The predicted molar refractivity (Wildman–Crippen MR) is 129 cm³/mol. The molecule has 0 bridgehead atoms. The molecule has 4 fully saturated rings. The highest BCUT2D eigenvalue weighted by molar-refractivity contribution is 6.34. The van der Waals surface area contributed by atoms with E-state index in [9.17, 15) is 32.3 Å². The lowest BCUT2D eigenvalue weighted by Crippen LogP contribution is -2.54. The van der Waals surface area contributed by atoms with Crippen molar-refractivity contribution in [1.29, 1.82) is 0 Å². The van der Waals surface area contributed by atoms with E-state index in [1.807, 2.05) is 6.92 Å². The van der Waals surface area contributed by atoms with Crippen molar-refractivity contribution in [2.75, 3.05) is 19.7 Å². The number of nitrogens with two attached hydrogens (primary N) is 1. The molecule has 2 saturated carbocycles. The Balaban J connectivity index is 0.000000213. The van der Waals surface area contributed by atoms with Gasteiger partial charge < -0.3 is 20.3 Å². The van der Waals surface area contributed by atoms with Gasteiger partial charge in [0, 0.05) is 25.2 Å². The van der Waals surface area contributed by atoms with E-state index in [1.165, 1.54) is 24.2 Å². The molecule has 11 heteroatoms. The molecule has 4 rings (SSSR count). The molecule has 0 aromatic carbocycles. The number of nitrogens with zero attached hydrogens (tertiary/aromatic N) is 2. The third-order valence-corrected chi connectivity index (χ3v) is 8.39. The molecular formula is C26H40F3N3O5. The molecule has 2 aliphatic carbocycles. The number of primary amides is 1. The van der Waals surface area contributed by atoms with E-state index < -0.39 is 36.5 Å². The van der Waals surface area contributed by atoms with Gasteiger partial charge in [0.15, 0.2) is 6.61 Å². The highest BCUT2D eigenvalue weighted by Gasteiger charge is 2.41. The number of amides is 3. The van der Waals surface area contributed by atoms with Crippen molar-refractivity contribution in [2.45, 2.75) is 96.3 Å². The topological polar surface area (TPSA) is 110 Å². The Hall–Kier alpha value is -2.33. The first-order valence-electron chi connectivity index (χ1n) is 13.5. The minimum Gasteiger partial charge on any atom is -0.449 e. The molecule has 4 unspecified atom stereocenters. The minimum atomic E-state index is -4.61. The van der Waals surface area contributed by atoms with Crippen LogP contribution in [-0.4, -0.2) is 71.4 Å². The summed E-state index contributed by atoms with van der Waals surface area (Å²) in [4.78, 5) is 49.6. The fourth-order valence-electron chi connectivity index (χ4n) is 5.91. The molecule has 0 aromatic heterocycles. The minimum absolute atomic E-state index is 0.0270. The molecule has 0 radical (unpaired) electrons. The molecule has 2 aliphatic heterocycles. The number of hydrogen-bond donors (Lipinski definition) is 1. The molecule has 2 N–H and O–H groups in total. The number of ether oxygens (including phenoxy) is 1. The molecule has 4 atom stereocenters. The second kappa shape index (κ2) is 12.5. The smallest absolute Gasteiger partial charge is 0.422 e. The molecule has 8 nitrogen and oxygen atoms in total. The van der Waals surface area contributed by atoms with Crippen LogP contribution in [0.5, 0.6) is 0 Å². The van der Waals surface area contributed by atoms with E-state index in [0.717, 1.165) is 44.9 Å². The lowest BCUT2D eigenvalue weighted by Gasteiger charge is -2.45. The van der Waals surface area contributed by atoms with E-state index in [-0.39, 0.29) is 18.0 Å². The molecule has 37 heavy (non-hydrogen) atoms. The van der Waals surface area contributed by atoms with Crippen LogP contribution in [0.1, 0.15) is 78.1 Å². The van der Waals surface area contributed by atoms with Gasteiger partial charge in [0.1, 0.15) is 0 Å². The number of halogens is 3. The highest BCUT2D eigenvalue weighted by Crippen LogP contribution is 2.38. The molecule has 2 heterocycles. The number of alkyl halides is 3. The Labute approximate surface area is 216 Å². The van der Waals surface area contributed by atoms with E-state index in [4.69, 9.17) is 5.73 Å². The maximum absolute atomic E-state index is 12.1. The fourth-order valence-corrected chi connectivity index (χ4v) is 5.91. The average molecular weight is 532 g/mol. The van der Waals surface area contributed by atoms with Crippen LogP contribution in [0.2, 0.25) is 0 Å². The van der Waals surface area contributed by atoms with E-state index >= 15 is 0 Å². The third kappa shape index (κ3) is 7.83. The number of carbonyl (C=O) groups is 4. The number of piperidine rings is 2. The Bertz CT molecular complexity index is 844. The van der Waals surface area contributed by atoms with Gasteiger partial charge in [-0.25, -0.2) is 4.79 Å². The van der Waals surface area contributed by atoms with Crippen LogP contribution in [0.4, 0.5) is 13.2 Å². The second-order valence-electron chi connectivity index (χ2n) is 11.4. The van der Waals surface area contributed by atoms with Gasteiger partial charge in [0.2, 0.25) is 0 Å². The first-order valence-corrected chi connectivity index (χ1v) is 13.5. The Kier molecular flexibility index (Phi) is 9.86. The van der Waals surface area contributed by atoms with Crippen LogP contribution in [0.25, 0.3) is 0 Å². The number of esters is 1. The molecule has 4 aliphatic rings. The van der Waals surface area contributed by atoms with E-state index in [0.29, 0.717) is 30.8 Å². The summed E-state index contributed by atoms with van der Waals surface area (Å²) in [6.07, 6.45) is 6.15. The molecular weight excluding hydrogens is 491 g/mol. The zero-order chi connectivity index (χ0) is 27.3. The van der Waals surface area contributed by atoms with Crippen molar-refractivity contribution in [1.82, 2.24) is 9.80 Å². The van der Waals surface area contributed by atoms with Crippen molar-refractivity contribution in [2.24, 2.45) is 29.4 Å². The van der Waals surface area contributed by atoms with Crippen LogP contribution in [0, 0.1) is 23.7 Å².